The predicted molar refractivity (Wildman–Crippen MR) is 500 cm³/mol. The second kappa shape index (κ2) is 33.4. The molecule has 604 valence electrons. The van der Waals surface area contributed by atoms with Crippen molar-refractivity contribution in [2.24, 2.45) is 0 Å². The van der Waals surface area contributed by atoms with E-state index in [1.54, 1.807) is 0 Å². The Hall–Kier alpha value is -11.8. The first-order valence-corrected chi connectivity index (χ1v) is 43.8. The zero-order valence-electron chi connectivity index (χ0n) is 72.7. The number of ether oxygens (including phenoxy) is 4. The van der Waals surface area contributed by atoms with Crippen LogP contribution in [-0.4, -0.2) is 39.6 Å². The average molecular weight is 1580 g/mol. The summed E-state index contributed by atoms with van der Waals surface area (Å²) >= 11 is 0. The third-order valence-corrected chi connectivity index (χ3v) is 26.2. The highest BCUT2D eigenvalue weighted by Gasteiger charge is 2.53. The molecule has 2 heterocycles. The van der Waals surface area contributed by atoms with Gasteiger partial charge in [0.05, 0.1) is 52.2 Å². The molecule has 18 rings (SSSR count). The zero-order valence-corrected chi connectivity index (χ0v) is 72.7. The monoisotopic (exact) mass is 1570 g/mol. The molecule has 120 heavy (non-hydrogen) atoms. The Morgan fingerprint density at radius 1 is 0.250 bits per heavy atom. The van der Waals surface area contributed by atoms with Gasteiger partial charge in [-0.25, -0.2) is 0 Å². The van der Waals surface area contributed by atoms with E-state index in [9.17, 15) is 0 Å². The molecule has 0 amide bonds. The molecular formula is C114H114N2O4. The van der Waals surface area contributed by atoms with Crippen molar-refractivity contribution >= 4 is 34.1 Å². The molecule has 14 aromatic rings. The van der Waals surface area contributed by atoms with Crippen LogP contribution in [-0.2, 0) is 44.0 Å². The van der Waals surface area contributed by atoms with Crippen LogP contribution in [0.1, 0.15) is 201 Å². The average Bonchev–Trinajstić information content (AvgIpc) is 1.26. The molecule has 0 aromatic heterocycles. The van der Waals surface area contributed by atoms with Gasteiger partial charge >= 0.3 is 0 Å². The third-order valence-electron chi connectivity index (χ3n) is 26.2. The molecule has 0 spiro atoms. The van der Waals surface area contributed by atoms with Crippen molar-refractivity contribution in [3.8, 4) is 33.8 Å². The predicted octanol–water partition coefficient (Wildman–Crippen LogP) is 28.4. The highest BCUT2D eigenvalue weighted by Crippen LogP contribution is 2.66. The minimum Gasteiger partial charge on any atom is -0.491 e. The summed E-state index contributed by atoms with van der Waals surface area (Å²) in [6.07, 6.45) is 6.88. The number of unbranched alkanes of at least 4 members (excludes halogenated alkanes) is 2. The van der Waals surface area contributed by atoms with E-state index in [1.807, 2.05) is 13.8 Å². The molecule has 14 aromatic carbocycles. The van der Waals surface area contributed by atoms with E-state index in [0.29, 0.717) is 39.6 Å². The lowest BCUT2D eigenvalue weighted by molar-refractivity contribution is 0.110. The highest BCUT2D eigenvalue weighted by atomic mass is 16.5. The molecule has 0 N–H and O–H groups in total. The topological polar surface area (TPSA) is 43.4 Å². The van der Waals surface area contributed by atoms with E-state index >= 15 is 0 Å². The second-order valence-corrected chi connectivity index (χ2v) is 34.7. The Bertz CT molecular complexity index is 5590. The maximum Gasteiger partial charge on any atom is 0.119 e. The maximum absolute atomic E-state index is 5.96. The summed E-state index contributed by atoms with van der Waals surface area (Å²) in [5.41, 5.74) is 40.9. The van der Waals surface area contributed by atoms with E-state index in [-0.39, 0.29) is 5.41 Å². The van der Waals surface area contributed by atoms with Crippen LogP contribution < -0.4 is 19.3 Å². The number of fused-ring (bicyclic) bond motifs is 10. The lowest BCUT2D eigenvalue weighted by Crippen LogP contribution is -2.38. The van der Waals surface area contributed by atoms with Gasteiger partial charge in [-0.15, -0.1) is 0 Å². The van der Waals surface area contributed by atoms with Gasteiger partial charge in [0.25, 0.3) is 0 Å². The van der Waals surface area contributed by atoms with Gasteiger partial charge in [-0.3, -0.25) is 0 Å². The quantitative estimate of drug-likeness (QED) is 0.0562. The smallest absolute Gasteiger partial charge is 0.119 e. The van der Waals surface area contributed by atoms with Crippen molar-refractivity contribution in [1.29, 1.82) is 0 Å². The van der Waals surface area contributed by atoms with E-state index in [4.69, 9.17) is 18.9 Å². The Labute approximate surface area is 713 Å². The highest BCUT2D eigenvalue weighted by molar-refractivity contribution is 5.98. The molecule has 2 aliphatic heterocycles. The molecule has 0 radical (unpaired) electrons. The van der Waals surface area contributed by atoms with E-state index < -0.39 is 16.2 Å². The first-order chi connectivity index (χ1) is 58.3. The molecule has 0 bridgehead atoms. The summed E-state index contributed by atoms with van der Waals surface area (Å²) in [6, 6.07) is 113. The van der Waals surface area contributed by atoms with Gasteiger partial charge in [-0.2, -0.15) is 0 Å². The molecule has 0 fully saturated rings. The lowest BCUT2D eigenvalue weighted by atomic mass is 9.61. The van der Waals surface area contributed by atoms with Crippen molar-refractivity contribution < 1.29 is 18.9 Å². The minimum atomic E-state index is -0.671. The van der Waals surface area contributed by atoms with Gasteiger partial charge in [0.15, 0.2) is 0 Å². The fourth-order valence-corrected chi connectivity index (χ4v) is 20.0. The minimum absolute atomic E-state index is 0.381. The molecule has 6 nitrogen and oxygen atoms in total. The molecule has 0 saturated heterocycles. The number of hydrogen-bond acceptors (Lipinski definition) is 6. The molecule has 0 saturated carbocycles. The molecule has 0 unspecified atom stereocenters. The van der Waals surface area contributed by atoms with Crippen molar-refractivity contribution in [2.45, 2.75) is 157 Å². The van der Waals surface area contributed by atoms with Crippen LogP contribution in [0.5, 0.6) is 11.5 Å². The number of benzene rings is 14. The van der Waals surface area contributed by atoms with Crippen LogP contribution in [0.2, 0.25) is 0 Å². The maximum atomic E-state index is 5.96. The van der Waals surface area contributed by atoms with Crippen LogP contribution in [0.15, 0.2) is 291 Å². The van der Waals surface area contributed by atoms with Crippen LogP contribution in [0.4, 0.5) is 34.1 Å². The van der Waals surface area contributed by atoms with Gasteiger partial charge in [-0.05, 0) is 291 Å². The van der Waals surface area contributed by atoms with Crippen molar-refractivity contribution in [3.05, 3.63) is 425 Å². The molecule has 6 heteroatoms. The van der Waals surface area contributed by atoms with E-state index in [1.165, 1.54) is 216 Å². The molecule has 4 aliphatic rings. The summed E-state index contributed by atoms with van der Waals surface area (Å²) in [6.45, 7) is 34.9. The van der Waals surface area contributed by atoms with Gasteiger partial charge in [-0.1, -0.05) is 291 Å². The van der Waals surface area contributed by atoms with Crippen LogP contribution in [0.25, 0.3) is 22.3 Å². The van der Waals surface area contributed by atoms with Crippen molar-refractivity contribution in [3.63, 3.8) is 0 Å². The van der Waals surface area contributed by atoms with Crippen LogP contribution in [0.3, 0.4) is 0 Å². The number of hydrogen-bond donors (Lipinski definition) is 0. The first-order valence-electron chi connectivity index (χ1n) is 43.8. The van der Waals surface area contributed by atoms with Crippen LogP contribution in [0, 0.1) is 55.4 Å². The standard InChI is InChI=1S/C79H76N2.C35H38O4/c1-11-13-15-57-27-39-63(40-28-57)80-73-43-25-55(7)45-69(73)78(59-31-17-51(3)18-32-59,60-33-19-52(4)20-34-60)71-47-65-66-48-72-76(50-68(66)77(9,10)67(65)49-75(71)80)81(64-41-29-58(30-42-64)16-14-12-2)74-44-26-56(8)46-70(74)79(72,61-35-21-53(5)22-36-61)62-37-23-54(6)24-38-62;1-5-36-19-21-38-29-13-9-27(10-14-29)35(28-11-15-30(16-12-28)39-22-20-37-6-2)33-23-25(3)7-17-31(33)32-18-8-26(4)24-34(32)35/h17-50H,11-16H2,1-10H3;7-18,23-24H,5-6,19-22H2,1-4H3. The molecule has 2 aliphatic carbocycles. The summed E-state index contributed by atoms with van der Waals surface area (Å²) in [4.78, 5) is 5.20. The normalized spacial score (nSPS) is 14.3. The molecular weight excluding hydrogens is 1460 g/mol. The fourth-order valence-electron chi connectivity index (χ4n) is 20.0. The van der Waals surface area contributed by atoms with Crippen molar-refractivity contribution in [2.75, 3.05) is 49.4 Å². The van der Waals surface area contributed by atoms with Crippen molar-refractivity contribution in [1.82, 2.24) is 0 Å². The Kier molecular flexibility index (Phi) is 22.4. The van der Waals surface area contributed by atoms with Gasteiger partial charge in [0.1, 0.15) is 24.7 Å². The van der Waals surface area contributed by atoms with Gasteiger partial charge < -0.3 is 28.7 Å². The van der Waals surface area contributed by atoms with E-state index in [0.717, 1.165) is 24.3 Å². The number of nitrogens with zero attached hydrogens (tertiary/aromatic N) is 2. The van der Waals surface area contributed by atoms with Gasteiger partial charge in [0, 0.05) is 30.0 Å². The van der Waals surface area contributed by atoms with E-state index in [2.05, 4.69) is 384 Å². The van der Waals surface area contributed by atoms with Gasteiger partial charge in [0.2, 0.25) is 0 Å². The van der Waals surface area contributed by atoms with Crippen LogP contribution >= 0.6 is 0 Å². The SMILES string of the molecule is CCCCc1ccc(N2c3ccc(C)cc3C(c3ccc(C)cc3)(c3ccc(C)cc3)c3cc4c(cc32)C(C)(C)c2cc3c(cc2-4)C(c2ccc(C)cc2)(c2ccc(C)cc2)c2cc(C)ccc2N3c2ccc(CCCC)cc2)cc1.CCOCCOc1ccc(C2(c3ccc(OCCOCC)cc3)c3cc(C)ccc3-c3ccc(C)cc32)cc1. The lowest BCUT2D eigenvalue weighted by Gasteiger charge is -2.47. The number of aryl methyl sites for hydroxylation is 10. The largest absolute Gasteiger partial charge is 0.491 e. The first kappa shape index (κ1) is 80.6. The number of rotatable bonds is 24. The summed E-state index contributed by atoms with van der Waals surface area (Å²) in [5, 5.41) is 0. The zero-order chi connectivity index (χ0) is 83.2. The Morgan fingerprint density at radius 2 is 0.533 bits per heavy atom. The fraction of sp³-hybridized carbons (Fsp3) is 0.263. The number of anilines is 6. The molecule has 0 atom stereocenters. The summed E-state index contributed by atoms with van der Waals surface area (Å²) < 4.78 is 22.8. The third kappa shape index (κ3) is 14.2. The summed E-state index contributed by atoms with van der Waals surface area (Å²) in [7, 11) is 0. The summed E-state index contributed by atoms with van der Waals surface area (Å²) in [5.74, 6) is 1.69. The second-order valence-electron chi connectivity index (χ2n) is 34.7. The Morgan fingerprint density at radius 3 is 0.850 bits per heavy atom. The Balaban J connectivity index is 0.000000220.